The van der Waals surface area contributed by atoms with Gasteiger partial charge in [0.05, 0.1) is 29.2 Å². The van der Waals surface area contributed by atoms with Gasteiger partial charge in [-0.25, -0.2) is 13.4 Å². The maximum atomic E-state index is 11.6. The smallest absolute Gasteiger partial charge is 0.303 e. The SMILES string of the molecule is O=C(O)CCc1nc2c(c(=O)[nH]1)CS(=O)(=O)C2. The number of rotatable bonds is 3. The summed E-state index contributed by atoms with van der Waals surface area (Å²) in [6, 6.07) is 0. The van der Waals surface area contributed by atoms with Crippen LogP contribution < -0.4 is 5.56 Å². The third-order valence-electron chi connectivity index (χ3n) is 2.45. The molecular formula is C9H10N2O5S. The first-order chi connectivity index (χ1) is 7.87. The van der Waals surface area contributed by atoms with E-state index in [2.05, 4.69) is 9.97 Å². The lowest BCUT2D eigenvalue weighted by Crippen LogP contribution is -2.17. The summed E-state index contributed by atoms with van der Waals surface area (Å²) in [4.78, 5) is 28.3. The standard InChI is InChI=1S/C9H10N2O5S/c12-8(13)2-1-7-10-6-4-17(15,16)3-5(6)9(14)11-7/h1-4H2,(H,12,13)(H,10,11,14). The molecule has 0 aliphatic carbocycles. The molecule has 8 heteroatoms. The number of carboxylic acids is 1. The number of carbonyl (C=O) groups is 1. The molecule has 0 unspecified atom stereocenters. The number of hydrogen-bond donors (Lipinski definition) is 2. The molecule has 0 atom stereocenters. The van der Waals surface area contributed by atoms with E-state index in [-0.39, 0.29) is 41.4 Å². The Hall–Kier alpha value is -1.70. The molecule has 92 valence electrons. The van der Waals surface area contributed by atoms with Gasteiger partial charge in [0.1, 0.15) is 5.82 Å². The number of aryl methyl sites for hydroxylation is 1. The average Bonchev–Trinajstić information content (AvgIpc) is 2.50. The van der Waals surface area contributed by atoms with E-state index in [1.54, 1.807) is 0 Å². The maximum absolute atomic E-state index is 11.6. The molecule has 0 saturated heterocycles. The summed E-state index contributed by atoms with van der Waals surface area (Å²) in [5.41, 5.74) is -0.0744. The Morgan fingerprint density at radius 3 is 2.76 bits per heavy atom. The number of hydrogen-bond acceptors (Lipinski definition) is 5. The minimum atomic E-state index is -3.27. The van der Waals surface area contributed by atoms with Crippen LogP contribution in [0.15, 0.2) is 4.79 Å². The molecule has 1 aliphatic rings. The fourth-order valence-electron chi connectivity index (χ4n) is 1.69. The van der Waals surface area contributed by atoms with Gasteiger partial charge in [-0.2, -0.15) is 0 Å². The van der Waals surface area contributed by atoms with Gasteiger partial charge >= 0.3 is 5.97 Å². The molecular weight excluding hydrogens is 248 g/mol. The molecule has 17 heavy (non-hydrogen) atoms. The first-order valence-electron chi connectivity index (χ1n) is 4.90. The Morgan fingerprint density at radius 1 is 1.41 bits per heavy atom. The van der Waals surface area contributed by atoms with Crippen molar-refractivity contribution in [1.82, 2.24) is 9.97 Å². The second kappa shape index (κ2) is 3.95. The van der Waals surface area contributed by atoms with Crippen LogP contribution in [0.4, 0.5) is 0 Å². The van der Waals surface area contributed by atoms with Gasteiger partial charge in [0, 0.05) is 6.42 Å². The number of carboxylic acid groups (broad SMARTS) is 1. The van der Waals surface area contributed by atoms with Gasteiger partial charge in [0.2, 0.25) is 0 Å². The van der Waals surface area contributed by atoms with E-state index < -0.39 is 21.4 Å². The van der Waals surface area contributed by atoms with Crippen molar-refractivity contribution in [3.63, 3.8) is 0 Å². The van der Waals surface area contributed by atoms with Crippen LogP contribution in [0.2, 0.25) is 0 Å². The lowest BCUT2D eigenvalue weighted by molar-refractivity contribution is -0.137. The zero-order valence-corrected chi connectivity index (χ0v) is 9.58. The molecule has 0 spiro atoms. The highest BCUT2D eigenvalue weighted by Crippen LogP contribution is 2.19. The second-order valence-electron chi connectivity index (χ2n) is 3.86. The fraction of sp³-hybridized carbons (Fsp3) is 0.444. The predicted molar refractivity (Wildman–Crippen MR) is 57.1 cm³/mol. The summed E-state index contributed by atoms with van der Waals surface area (Å²) < 4.78 is 22.7. The highest BCUT2D eigenvalue weighted by atomic mass is 32.2. The summed E-state index contributed by atoms with van der Waals surface area (Å²) in [5, 5.41) is 8.50. The molecule has 0 radical (unpaired) electrons. The minimum Gasteiger partial charge on any atom is -0.481 e. The normalized spacial score (nSPS) is 16.7. The summed E-state index contributed by atoms with van der Waals surface area (Å²) in [6.45, 7) is 0. The molecule has 7 nitrogen and oxygen atoms in total. The number of aliphatic carboxylic acids is 1. The van der Waals surface area contributed by atoms with Crippen LogP contribution in [0.25, 0.3) is 0 Å². The minimum absolute atomic E-state index is 0.0813. The number of H-pyrrole nitrogens is 1. The number of fused-ring (bicyclic) bond motifs is 1. The largest absolute Gasteiger partial charge is 0.481 e. The third-order valence-corrected chi connectivity index (χ3v) is 3.89. The first kappa shape index (κ1) is 11.8. The Labute approximate surface area is 96.4 Å². The predicted octanol–water partition coefficient (Wildman–Crippen LogP) is -0.784. The van der Waals surface area contributed by atoms with Crippen molar-refractivity contribution in [1.29, 1.82) is 0 Å². The molecule has 0 amide bonds. The quantitative estimate of drug-likeness (QED) is 0.734. The molecule has 0 bridgehead atoms. The summed E-state index contributed by atoms with van der Waals surface area (Å²) in [5.74, 6) is -1.31. The van der Waals surface area contributed by atoms with E-state index in [1.807, 2.05) is 0 Å². The van der Waals surface area contributed by atoms with Crippen molar-refractivity contribution >= 4 is 15.8 Å². The average molecular weight is 258 g/mol. The summed E-state index contributed by atoms with van der Waals surface area (Å²) >= 11 is 0. The number of sulfone groups is 1. The third kappa shape index (κ3) is 2.52. The highest BCUT2D eigenvalue weighted by molar-refractivity contribution is 7.90. The van der Waals surface area contributed by atoms with E-state index >= 15 is 0 Å². The number of nitrogens with zero attached hydrogens (tertiary/aromatic N) is 1. The van der Waals surface area contributed by atoms with Crippen molar-refractivity contribution in [2.75, 3.05) is 0 Å². The van der Waals surface area contributed by atoms with Crippen molar-refractivity contribution in [3.8, 4) is 0 Å². The van der Waals surface area contributed by atoms with Crippen molar-refractivity contribution < 1.29 is 18.3 Å². The highest BCUT2D eigenvalue weighted by Gasteiger charge is 2.29. The van der Waals surface area contributed by atoms with Gasteiger partial charge in [-0.05, 0) is 0 Å². The molecule has 0 aromatic carbocycles. The Morgan fingerprint density at radius 2 is 2.12 bits per heavy atom. The van der Waals surface area contributed by atoms with Crippen LogP contribution in [0.1, 0.15) is 23.5 Å². The van der Waals surface area contributed by atoms with Gasteiger partial charge < -0.3 is 10.1 Å². The van der Waals surface area contributed by atoms with Gasteiger partial charge in [-0.3, -0.25) is 9.59 Å². The Kier molecular flexibility index (Phi) is 2.74. The van der Waals surface area contributed by atoms with E-state index in [1.165, 1.54) is 0 Å². The lowest BCUT2D eigenvalue weighted by Gasteiger charge is -2.00. The zero-order valence-electron chi connectivity index (χ0n) is 8.76. The number of aromatic nitrogens is 2. The molecule has 2 N–H and O–H groups in total. The van der Waals surface area contributed by atoms with E-state index in [0.29, 0.717) is 0 Å². The molecule has 0 saturated carbocycles. The van der Waals surface area contributed by atoms with Crippen molar-refractivity contribution in [3.05, 3.63) is 27.4 Å². The van der Waals surface area contributed by atoms with Gasteiger partial charge in [-0.15, -0.1) is 0 Å². The van der Waals surface area contributed by atoms with Crippen molar-refractivity contribution in [2.45, 2.75) is 24.3 Å². The molecule has 0 fully saturated rings. The Balaban J connectivity index is 2.34. The second-order valence-corrected chi connectivity index (χ2v) is 5.93. The molecule has 2 rings (SSSR count). The summed E-state index contributed by atoms with van der Waals surface area (Å²) in [6.07, 6.45) is -0.0770. The van der Waals surface area contributed by atoms with Crippen LogP contribution in [0.5, 0.6) is 0 Å². The van der Waals surface area contributed by atoms with Crippen LogP contribution >= 0.6 is 0 Å². The van der Waals surface area contributed by atoms with E-state index in [0.717, 1.165) is 0 Å². The lowest BCUT2D eigenvalue weighted by atomic mass is 10.2. The van der Waals surface area contributed by atoms with Crippen molar-refractivity contribution in [2.24, 2.45) is 0 Å². The van der Waals surface area contributed by atoms with Gasteiger partial charge in [0.15, 0.2) is 9.84 Å². The monoisotopic (exact) mass is 258 g/mol. The van der Waals surface area contributed by atoms with Crippen LogP contribution in [-0.4, -0.2) is 29.5 Å². The Bertz CT molecular complexity index is 631. The van der Waals surface area contributed by atoms with Crippen LogP contribution in [-0.2, 0) is 32.6 Å². The van der Waals surface area contributed by atoms with E-state index in [4.69, 9.17) is 5.11 Å². The van der Waals surface area contributed by atoms with Crippen LogP contribution in [0, 0.1) is 0 Å². The topological polar surface area (TPSA) is 117 Å². The zero-order chi connectivity index (χ0) is 12.6. The van der Waals surface area contributed by atoms with Gasteiger partial charge in [-0.1, -0.05) is 0 Å². The maximum Gasteiger partial charge on any atom is 0.303 e. The number of aromatic amines is 1. The first-order valence-corrected chi connectivity index (χ1v) is 6.73. The molecule has 2 heterocycles. The number of nitrogens with one attached hydrogen (secondary N) is 1. The van der Waals surface area contributed by atoms with Crippen LogP contribution in [0.3, 0.4) is 0 Å². The molecule has 1 aromatic heterocycles. The van der Waals surface area contributed by atoms with E-state index in [9.17, 15) is 18.0 Å². The van der Waals surface area contributed by atoms with Gasteiger partial charge in [0.25, 0.3) is 5.56 Å². The fourth-order valence-corrected chi connectivity index (χ4v) is 3.18. The molecule has 1 aliphatic heterocycles. The summed E-state index contributed by atoms with van der Waals surface area (Å²) in [7, 11) is -3.27. The molecule has 1 aromatic rings.